The zero-order valence-corrected chi connectivity index (χ0v) is 13.9. The Labute approximate surface area is 140 Å². The Morgan fingerprint density at radius 1 is 1.04 bits per heavy atom. The molecule has 24 heavy (non-hydrogen) atoms. The van der Waals surface area contributed by atoms with Crippen LogP contribution in [-0.4, -0.2) is 25.7 Å². The number of para-hydroxylation sites is 2. The average molecular weight is 328 g/mol. The highest BCUT2D eigenvalue weighted by Gasteiger charge is 2.12. The first-order chi connectivity index (χ1) is 11.5. The number of hydrogen-bond donors (Lipinski definition) is 2. The summed E-state index contributed by atoms with van der Waals surface area (Å²) in [4.78, 5) is 24.0. The van der Waals surface area contributed by atoms with Gasteiger partial charge in [-0.15, -0.1) is 0 Å². The first kappa shape index (κ1) is 17.3. The van der Waals surface area contributed by atoms with Crippen molar-refractivity contribution in [3.63, 3.8) is 0 Å². The molecular weight excluding hydrogens is 308 g/mol. The van der Waals surface area contributed by atoms with E-state index in [1.165, 1.54) is 7.11 Å². The highest BCUT2D eigenvalue weighted by atomic mass is 16.5. The minimum Gasteiger partial charge on any atom is -0.495 e. The fourth-order valence-corrected chi connectivity index (χ4v) is 2.12. The first-order valence-corrected chi connectivity index (χ1v) is 7.54. The van der Waals surface area contributed by atoms with Gasteiger partial charge in [0.1, 0.15) is 5.75 Å². The van der Waals surface area contributed by atoms with Crippen molar-refractivity contribution in [2.24, 2.45) is 0 Å². The van der Waals surface area contributed by atoms with Crippen molar-refractivity contribution in [1.29, 1.82) is 0 Å². The molecule has 0 heterocycles. The van der Waals surface area contributed by atoms with E-state index in [1.54, 1.807) is 43.3 Å². The van der Waals surface area contributed by atoms with Crippen LogP contribution in [0.2, 0.25) is 0 Å². The molecule has 2 aromatic rings. The van der Waals surface area contributed by atoms with Crippen LogP contribution in [0.5, 0.6) is 5.75 Å². The Hall–Kier alpha value is -3.02. The minimum absolute atomic E-state index is 0.295. The molecule has 2 rings (SSSR count). The molecule has 2 amide bonds. The number of rotatable bonds is 5. The number of carbonyl (C=O) groups is 2. The van der Waals surface area contributed by atoms with Crippen LogP contribution in [0.25, 0.3) is 0 Å². The van der Waals surface area contributed by atoms with Crippen molar-refractivity contribution >= 4 is 23.4 Å². The molecule has 0 aromatic heterocycles. The van der Waals surface area contributed by atoms with E-state index in [-0.39, 0.29) is 0 Å². The second-order valence-corrected chi connectivity index (χ2v) is 5.03. The van der Waals surface area contributed by atoms with Gasteiger partial charge in [-0.05, 0) is 43.7 Å². The smallest absolute Gasteiger partial charge is 0.338 e. The number of benzene rings is 2. The van der Waals surface area contributed by atoms with E-state index in [0.29, 0.717) is 29.3 Å². The third-order valence-corrected chi connectivity index (χ3v) is 3.35. The number of hydrogen-bond acceptors (Lipinski definition) is 4. The number of esters is 1. The summed E-state index contributed by atoms with van der Waals surface area (Å²) in [5.41, 5.74) is 2.30. The summed E-state index contributed by atoms with van der Waals surface area (Å²) in [5, 5.41) is 5.45. The van der Waals surface area contributed by atoms with Gasteiger partial charge in [-0.25, -0.2) is 9.59 Å². The van der Waals surface area contributed by atoms with Gasteiger partial charge in [0, 0.05) is 5.69 Å². The molecule has 0 fully saturated rings. The average Bonchev–Trinajstić information content (AvgIpc) is 2.57. The summed E-state index contributed by atoms with van der Waals surface area (Å²) in [5.74, 6) is 0.135. The molecule has 0 unspecified atom stereocenters. The van der Waals surface area contributed by atoms with E-state index in [0.717, 1.165) is 5.56 Å². The molecule has 0 atom stereocenters. The summed E-state index contributed by atoms with van der Waals surface area (Å²) >= 11 is 0. The van der Waals surface area contributed by atoms with Crippen molar-refractivity contribution in [3.8, 4) is 5.75 Å². The van der Waals surface area contributed by atoms with Crippen LogP contribution in [0, 0.1) is 6.92 Å². The van der Waals surface area contributed by atoms with Gasteiger partial charge in [0.05, 0.1) is 25.0 Å². The van der Waals surface area contributed by atoms with Gasteiger partial charge in [0.15, 0.2) is 0 Å². The first-order valence-electron chi connectivity index (χ1n) is 7.54. The Morgan fingerprint density at radius 2 is 1.75 bits per heavy atom. The van der Waals surface area contributed by atoms with Crippen LogP contribution >= 0.6 is 0 Å². The lowest BCUT2D eigenvalue weighted by atomic mass is 10.1. The Bertz CT molecular complexity index is 744. The Kier molecular flexibility index (Phi) is 5.78. The number of nitrogens with one attached hydrogen (secondary N) is 2. The summed E-state index contributed by atoms with van der Waals surface area (Å²) in [6.07, 6.45) is 0. The number of methoxy groups -OCH3 is 1. The molecular formula is C18H20N2O4. The normalized spacial score (nSPS) is 9.96. The zero-order valence-electron chi connectivity index (χ0n) is 13.9. The van der Waals surface area contributed by atoms with Crippen molar-refractivity contribution in [2.75, 3.05) is 24.4 Å². The summed E-state index contributed by atoms with van der Waals surface area (Å²) < 4.78 is 10.2. The quantitative estimate of drug-likeness (QED) is 0.818. The molecule has 126 valence electrons. The van der Waals surface area contributed by atoms with Crippen LogP contribution < -0.4 is 15.4 Å². The van der Waals surface area contributed by atoms with Crippen molar-refractivity contribution in [3.05, 3.63) is 53.6 Å². The second-order valence-electron chi connectivity index (χ2n) is 5.03. The van der Waals surface area contributed by atoms with Gasteiger partial charge in [-0.2, -0.15) is 0 Å². The number of aryl methyl sites for hydroxylation is 1. The second kappa shape index (κ2) is 8.01. The predicted molar refractivity (Wildman–Crippen MR) is 92.8 cm³/mol. The number of carbonyl (C=O) groups excluding carboxylic acids is 2. The maximum atomic E-state index is 12.2. The number of amides is 2. The highest BCUT2D eigenvalue weighted by Crippen LogP contribution is 2.24. The molecule has 0 bridgehead atoms. The lowest BCUT2D eigenvalue weighted by Crippen LogP contribution is -2.20. The lowest BCUT2D eigenvalue weighted by Gasteiger charge is -2.13. The van der Waals surface area contributed by atoms with Gasteiger partial charge in [0.25, 0.3) is 0 Å². The van der Waals surface area contributed by atoms with Gasteiger partial charge >= 0.3 is 12.0 Å². The third-order valence-electron chi connectivity index (χ3n) is 3.35. The molecule has 6 heteroatoms. The van der Waals surface area contributed by atoms with E-state index in [4.69, 9.17) is 9.47 Å². The molecule has 0 spiro atoms. The van der Waals surface area contributed by atoms with E-state index < -0.39 is 12.0 Å². The number of urea groups is 1. The van der Waals surface area contributed by atoms with Crippen LogP contribution in [-0.2, 0) is 4.74 Å². The standard InChI is InChI=1S/C18H20N2O4/c1-4-24-17(21)13-10-9-12(2)15(11-13)20-18(22)19-14-7-5-6-8-16(14)23-3/h5-11H,4H2,1-3H3,(H2,19,20,22). The van der Waals surface area contributed by atoms with Crippen LogP contribution in [0.15, 0.2) is 42.5 Å². The van der Waals surface area contributed by atoms with Crippen molar-refractivity contribution in [1.82, 2.24) is 0 Å². The minimum atomic E-state index is -0.427. The zero-order chi connectivity index (χ0) is 17.5. The maximum Gasteiger partial charge on any atom is 0.338 e. The van der Waals surface area contributed by atoms with Crippen LogP contribution in [0.3, 0.4) is 0 Å². The van der Waals surface area contributed by atoms with E-state index >= 15 is 0 Å². The van der Waals surface area contributed by atoms with Crippen LogP contribution in [0.4, 0.5) is 16.2 Å². The largest absolute Gasteiger partial charge is 0.495 e. The third kappa shape index (κ3) is 4.25. The molecule has 0 aliphatic rings. The fourth-order valence-electron chi connectivity index (χ4n) is 2.12. The lowest BCUT2D eigenvalue weighted by molar-refractivity contribution is 0.0526. The van der Waals surface area contributed by atoms with Crippen LogP contribution in [0.1, 0.15) is 22.8 Å². The maximum absolute atomic E-state index is 12.2. The molecule has 0 aliphatic carbocycles. The number of anilines is 2. The molecule has 2 aromatic carbocycles. The summed E-state index contributed by atoms with van der Waals surface area (Å²) in [6.45, 7) is 3.88. The highest BCUT2D eigenvalue weighted by molar-refractivity contribution is 6.02. The fraction of sp³-hybridized carbons (Fsp3) is 0.222. The summed E-state index contributed by atoms with van der Waals surface area (Å²) in [6, 6.07) is 11.7. The van der Waals surface area contributed by atoms with Crippen molar-refractivity contribution in [2.45, 2.75) is 13.8 Å². The van der Waals surface area contributed by atoms with Gasteiger partial charge < -0.3 is 20.1 Å². The van der Waals surface area contributed by atoms with Gasteiger partial charge in [-0.1, -0.05) is 18.2 Å². The van der Waals surface area contributed by atoms with E-state index in [9.17, 15) is 9.59 Å². The SMILES string of the molecule is CCOC(=O)c1ccc(C)c(NC(=O)Nc2ccccc2OC)c1. The van der Waals surface area contributed by atoms with E-state index in [1.807, 2.05) is 13.0 Å². The monoisotopic (exact) mass is 328 g/mol. The van der Waals surface area contributed by atoms with Crippen molar-refractivity contribution < 1.29 is 19.1 Å². The predicted octanol–water partition coefficient (Wildman–Crippen LogP) is 3.82. The molecule has 2 N–H and O–H groups in total. The van der Waals surface area contributed by atoms with Gasteiger partial charge in [0.2, 0.25) is 0 Å². The molecule has 0 saturated heterocycles. The Morgan fingerprint density at radius 3 is 2.46 bits per heavy atom. The topological polar surface area (TPSA) is 76.7 Å². The molecule has 0 radical (unpaired) electrons. The molecule has 0 saturated carbocycles. The Balaban J connectivity index is 2.13. The number of ether oxygens (including phenoxy) is 2. The summed E-state index contributed by atoms with van der Waals surface area (Å²) in [7, 11) is 1.53. The molecule has 6 nitrogen and oxygen atoms in total. The molecule has 0 aliphatic heterocycles. The van der Waals surface area contributed by atoms with E-state index in [2.05, 4.69) is 10.6 Å². The van der Waals surface area contributed by atoms with Gasteiger partial charge in [-0.3, -0.25) is 0 Å².